The molecule has 0 radical (unpaired) electrons. The first-order valence-corrected chi connectivity index (χ1v) is 8.16. The Bertz CT molecular complexity index is 610. The van der Waals surface area contributed by atoms with Crippen molar-refractivity contribution < 1.29 is 14.3 Å². The Kier molecular flexibility index (Phi) is 5.83. The van der Waals surface area contributed by atoms with Crippen molar-refractivity contribution in [1.29, 1.82) is 0 Å². The smallest absolute Gasteiger partial charge is 0.254 e. The SMILES string of the molecule is CCCN(Cc1ccsc1)C(=O)c1ccc(OC)c(OC)c1. The van der Waals surface area contributed by atoms with E-state index in [-0.39, 0.29) is 5.91 Å². The zero-order chi connectivity index (χ0) is 15.9. The van der Waals surface area contributed by atoms with Gasteiger partial charge in [0.15, 0.2) is 11.5 Å². The molecular formula is C17H21NO3S. The van der Waals surface area contributed by atoms with Crippen LogP contribution in [0.2, 0.25) is 0 Å². The summed E-state index contributed by atoms with van der Waals surface area (Å²) in [6.07, 6.45) is 0.920. The number of hydrogen-bond donors (Lipinski definition) is 0. The molecule has 0 bridgehead atoms. The lowest BCUT2D eigenvalue weighted by Crippen LogP contribution is -2.31. The number of carbonyl (C=O) groups excluding carboxylic acids is 1. The van der Waals surface area contributed by atoms with Crippen LogP contribution in [0.25, 0.3) is 0 Å². The molecule has 1 aromatic carbocycles. The third kappa shape index (κ3) is 3.80. The van der Waals surface area contributed by atoms with Gasteiger partial charge in [-0.25, -0.2) is 0 Å². The van der Waals surface area contributed by atoms with E-state index in [1.165, 1.54) is 0 Å². The van der Waals surface area contributed by atoms with Crippen LogP contribution >= 0.6 is 11.3 Å². The Morgan fingerprint density at radius 3 is 2.55 bits per heavy atom. The number of amides is 1. The van der Waals surface area contributed by atoms with Crippen LogP contribution in [0.4, 0.5) is 0 Å². The maximum Gasteiger partial charge on any atom is 0.254 e. The predicted octanol–water partition coefficient (Wildman–Crippen LogP) is 3.82. The number of rotatable bonds is 7. The number of thiophene rings is 1. The predicted molar refractivity (Wildman–Crippen MR) is 88.9 cm³/mol. The number of methoxy groups -OCH3 is 2. The molecule has 1 aromatic heterocycles. The highest BCUT2D eigenvalue weighted by Crippen LogP contribution is 2.28. The van der Waals surface area contributed by atoms with Gasteiger partial charge in [-0.3, -0.25) is 4.79 Å². The Hall–Kier alpha value is -2.01. The van der Waals surface area contributed by atoms with Crippen molar-refractivity contribution in [2.75, 3.05) is 20.8 Å². The van der Waals surface area contributed by atoms with E-state index in [0.29, 0.717) is 23.6 Å². The standard InChI is InChI=1S/C17H21NO3S/c1-4-8-18(11-13-7-9-22-12-13)17(19)14-5-6-15(20-2)16(10-14)21-3/h5-7,9-10,12H,4,8,11H2,1-3H3. The van der Waals surface area contributed by atoms with Crippen LogP contribution in [0.5, 0.6) is 11.5 Å². The van der Waals surface area contributed by atoms with Gasteiger partial charge in [0.25, 0.3) is 5.91 Å². The molecule has 118 valence electrons. The minimum Gasteiger partial charge on any atom is -0.493 e. The largest absolute Gasteiger partial charge is 0.493 e. The zero-order valence-electron chi connectivity index (χ0n) is 13.2. The Balaban J connectivity index is 2.22. The molecule has 22 heavy (non-hydrogen) atoms. The van der Waals surface area contributed by atoms with Crippen LogP contribution in [-0.4, -0.2) is 31.6 Å². The van der Waals surface area contributed by atoms with Crippen LogP contribution in [0.1, 0.15) is 29.3 Å². The van der Waals surface area contributed by atoms with Crippen LogP contribution < -0.4 is 9.47 Å². The monoisotopic (exact) mass is 319 g/mol. The van der Waals surface area contributed by atoms with Gasteiger partial charge in [0.2, 0.25) is 0 Å². The number of benzene rings is 1. The van der Waals surface area contributed by atoms with E-state index < -0.39 is 0 Å². The number of carbonyl (C=O) groups is 1. The van der Waals surface area contributed by atoms with Crippen LogP contribution in [0, 0.1) is 0 Å². The highest BCUT2D eigenvalue weighted by Gasteiger charge is 2.17. The fourth-order valence-corrected chi connectivity index (χ4v) is 2.94. The molecule has 0 saturated carbocycles. The molecule has 0 unspecified atom stereocenters. The third-order valence-corrected chi connectivity index (χ3v) is 4.10. The average molecular weight is 319 g/mol. The van der Waals surface area contributed by atoms with Crippen molar-refractivity contribution in [3.8, 4) is 11.5 Å². The minimum atomic E-state index is 0.00834. The van der Waals surface area contributed by atoms with Crippen molar-refractivity contribution in [3.63, 3.8) is 0 Å². The lowest BCUT2D eigenvalue weighted by Gasteiger charge is -2.22. The fraction of sp³-hybridized carbons (Fsp3) is 0.353. The fourth-order valence-electron chi connectivity index (χ4n) is 2.28. The third-order valence-electron chi connectivity index (χ3n) is 3.36. The summed E-state index contributed by atoms with van der Waals surface area (Å²) in [4.78, 5) is 14.6. The Labute approximate surface area is 135 Å². The van der Waals surface area contributed by atoms with E-state index in [0.717, 1.165) is 18.5 Å². The summed E-state index contributed by atoms with van der Waals surface area (Å²) in [6, 6.07) is 7.33. The van der Waals surface area contributed by atoms with Crippen molar-refractivity contribution in [1.82, 2.24) is 4.90 Å². The topological polar surface area (TPSA) is 38.8 Å². The van der Waals surface area contributed by atoms with Crippen molar-refractivity contribution in [2.24, 2.45) is 0 Å². The minimum absolute atomic E-state index is 0.00834. The van der Waals surface area contributed by atoms with E-state index in [4.69, 9.17) is 9.47 Å². The summed E-state index contributed by atoms with van der Waals surface area (Å²) < 4.78 is 10.5. The molecule has 2 aromatic rings. The Morgan fingerprint density at radius 2 is 1.95 bits per heavy atom. The first kappa shape index (κ1) is 16.4. The van der Waals surface area contributed by atoms with E-state index in [1.54, 1.807) is 43.8 Å². The molecule has 0 fully saturated rings. The molecule has 2 rings (SSSR count). The highest BCUT2D eigenvalue weighted by molar-refractivity contribution is 7.07. The van der Waals surface area contributed by atoms with Gasteiger partial charge in [-0.15, -0.1) is 0 Å². The zero-order valence-corrected chi connectivity index (χ0v) is 14.0. The van der Waals surface area contributed by atoms with Crippen LogP contribution in [0.15, 0.2) is 35.0 Å². The molecule has 5 heteroatoms. The summed E-state index contributed by atoms with van der Waals surface area (Å²) in [5.41, 5.74) is 1.77. The summed E-state index contributed by atoms with van der Waals surface area (Å²) >= 11 is 1.64. The number of hydrogen-bond acceptors (Lipinski definition) is 4. The van der Waals surface area contributed by atoms with Crippen molar-refractivity contribution >= 4 is 17.2 Å². The van der Waals surface area contributed by atoms with E-state index in [9.17, 15) is 4.79 Å². The maximum absolute atomic E-state index is 12.8. The van der Waals surface area contributed by atoms with Gasteiger partial charge in [0, 0.05) is 18.7 Å². The summed E-state index contributed by atoms with van der Waals surface area (Å²) in [5, 5.41) is 4.10. The molecule has 0 aliphatic heterocycles. The average Bonchev–Trinajstić information content (AvgIpc) is 3.06. The number of ether oxygens (including phenoxy) is 2. The first-order chi connectivity index (χ1) is 10.7. The second kappa shape index (κ2) is 7.84. The molecule has 0 aliphatic carbocycles. The van der Waals surface area contributed by atoms with Crippen LogP contribution in [-0.2, 0) is 6.54 Å². The Morgan fingerprint density at radius 1 is 1.18 bits per heavy atom. The van der Waals surface area contributed by atoms with Crippen LogP contribution in [0.3, 0.4) is 0 Å². The van der Waals surface area contributed by atoms with E-state index in [2.05, 4.69) is 18.4 Å². The maximum atomic E-state index is 12.8. The van der Waals surface area contributed by atoms with Gasteiger partial charge < -0.3 is 14.4 Å². The van der Waals surface area contributed by atoms with Gasteiger partial charge in [-0.1, -0.05) is 6.92 Å². The summed E-state index contributed by atoms with van der Waals surface area (Å²) in [5.74, 6) is 1.20. The van der Waals surface area contributed by atoms with Gasteiger partial charge in [-0.2, -0.15) is 11.3 Å². The molecule has 0 N–H and O–H groups in total. The quantitative estimate of drug-likeness (QED) is 0.779. The normalized spacial score (nSPS) is 10.3. The molecule has 4 nitrogen and oxygen atoms in total. The lowest BCUT2D eigenvalue weighted by atomic mass is 10.1. The van der Waals surface area contributed by atoms with Crippen molar-refractivity contribution in [3.05, 3.63) is 46.2 Å². The second-order valence-corrected chi connectivity index (χ2v) is 5.71. The van der Waals surface area contributed by atoms with Gasteiger partial charge in [-0.05, 0) is 47.0 Å². The molecule has 0 spiro atoms. The summed E-state index contributed by atoms with van der Waals surface area (Å²) in [6.45, 7) is 3.43. The van der Waals surface area contributed by atoms with Gasteiger partial charge in [0.1, 0.15) is 0 Å². The highest BCUT2D eigenvalue weighted by atomic mass is 32.1. The molecule has 1 amide bonds. The molecule has 0 saturated heterocycles. The van der Waals surface area contributed by atoms with E-state index in [1.807, 2.05) is 10.3 Å². The molecule has 1 heterocycles. The van der Waals surface area contributed by atoms with Gasteiger partial charge >= 0.3 is 0 Å². The van der Waals surface area contributed by atoms with Gasteiger partial charge in [0.05, 0.1) is 14.2 Å². The lowest BCUT2D eigenvalue weighted by molar-refractivity contribution is 0.0743. The second-order valence-electron chi connectivity index (χ2n) is 4.93. The summed E-state index contributed by atoms with van der Waals surface area (Å²) in [7, 11) is 3.15. The number of nitrogens with zero attached hydrogens (tertiary/aromatic N) is 1. The van der Waals surface area contributed by atoms with E-state index >= 15 is 0 Å². The molecular weight excluding hydrogens is 298 g/mol. The molecule has 0 atom stereocenters. The first-order valence-electron chi connectivity index (χ1n) is 7.22. The van der Waals surface area contributed by atoms with Crippen molar-refractivity contribution in [2.45, 2.75) is 19.9 Å². The molecule has 0 aliphatic rings.